The van der Waals surface area contributed by atoms with Crippen LogP contribution >= 0.6 is 11.3 Å². The van der Waals surface area contributed by atoms with Gasteiger partial charge < -0.3 is 0 Å². The number of nitrogens with zero attached hydrogens (tertiary/aromatic N) is 6. The molecule has 1 N–H and O–H groups in total. The van der Waals surface area contributed by atoms with Crippen LogP contribution in [-0.2, 0) is 0 Å². The molecule has 0 spiro atoms. The van der Waals surface area contributed by atoms with Gasteiger partial charge in [-0.2, -0.15) is 0 Å². The van der Waals surface area contributed by atoms with Crippen LogP contribution < -0.4 is 5.32 Å². The molecule has 0 saturated heterocycles. The fraction of sp³-hybridized carbons (Fsp3) is 0.333. The Hall–Kier alpha value is -2.68. The second-order valence-electron chi connectivity index (χ2n) is 5.21. The first-order valence-corrected chi connectivity index (χ1v) is 8.51. The zero-order valence-corrected chi connectivity index (χ0v) is 14.2. The van der Waals surface area contributed by atoms with Crippen LogP contribution in [0.5, 0.6) is 0 Å². The Morgan fingerprint density at radius 2 is 1.96 bits per heavy atom. The summed E-state index contributed by atoms with van der Waals surface area (Å²) in [5, 5.41) is 23.5. The van der Waals surface area contributed by atoms with E-state index in [1.54, 1.807) is 24.3 Å². The molecular formula is C15H17N7OS. The molecule has 0 bridgehead atoms. The molecule has 3 aromatic rings. The van der Waals surface area contributed by atoms with Gasteiger partial charge in [-0.25, -0.2) is 4.68 Å². The summed E-state index contributed by atoms with van der Waals surface area (Å²) < 4.78 is 1.52. The van der Waals surface area contributed by atoms with Crippen LogP contribution in [0.3, 0.4) is 0 Å². The van der Waals surface area contributed by atoms with Crippen LogP contribution in [0.25, 0.3) is 5.69 Å². The minimum atomic E-state index is -0.217. The SMILES string of the molecule is CCC(CC)c1nnc(NC(=O)c2ccc(-n3cnnn3)cc2)s1. The molecule has 2 heterocycles. The van der Waals surface area contributed by atoms with Crippen LogP contribution in [0.4, 0.5) is 5.13 Å². The number of aromatic nitrogens is 6. The lowest BCUT2D eigenvalue weighted by Crippen LogP contribution is -2.11. The summed E-state index contributed by atoms with van der Waals surface area (Å²) in [5.74, 6) is 0.175. The summed E-state index contributed by atoms with van der Waals surface area (Å²) in [6.45, 7) is 4.25. The molecule has 124 valence electrons. The summed E-state index contributed by atoms with van der Waals surface area (Å²) in [6.07, 6.45) is 3.52. The normalized spacial score (nSPS) is 11.0. The minimum absolute atomic E-state index is 0.217. The molecule has 0 aliphatic heterocycles. The molecule has 0 atom stereocenters. The number of anilines is 1. The molecular weight excluding hydrogens is 326 g/mol. The maximum atomic E-state index is 12.3. The van der Waals surface area contributed by atoms with Crippen molar-refractivity contribution in [1.29, 1.82) is 0 Å². The first kappa shape index (κ1) is 16.2. The van der Waals surface area contributed by atoms with E-state index in [2.05, 4.69) is 44.9 Å². The van der Waals surface area contributed by atoms with Crippen LogP contribution in [0.2, 0.25) is 0 Å². The molecule has 24 heavy (non-hydrogen) atoms. The Bertz CT molecular complexity index is 794. The van der Waals surface area contributed by atoms with Gasteiger partial charge >= 0.3 is 0 Å². The predicted molar refractivity (Wildman–Crippen MR) is 90.3 cm³/mol. The molecule has 1 aromatic carbocycles. The van der Waals surface area contributed by atoms with Gasteiger partial charge in [-0.05, 0) is 47.5 Å². The molecule has 0 aliphatic rings. The van der Waals surface area contributed by atoms with Gasteiger partial charge in [0.2, 0.25) is 5.13 Å². The lowest BCUT2D eigenvalue weighted by Gasteiger charge is -2.06. The zero-order chi connectivity index (χ0) is 16.9. The van der Waals surface area contributed by atoms with E-state index in [1.807, 2.05) is 0 Å². The van der Waals surface area contributed by atoms with Crippen molar-refractivity contribution in [3.63, 3.8) is 0 Å². The molecule has 3 rings (SSSR count). The summed E-state index contributed by atoms with van der Waals surface area (Å²) in [6, 6.07) is 6.99. The average molecular weight is 343 g/mol. The maximum absolute atomic E-state index is 12.3. The van der Waals surface area contributed by atoms with Crippen LogP contribution in [-0.4, -0.2) is 36.3 Å². The zero-order valence-electron chi connectivity index (χ0n) is 13.4. The van der Waals surface area contributed by atoms with E-state index in [1.165, 1.54) is 22.3 Å². The van der Waals surface area contributed by atoms with Gasteiger partial charge in [-0.1, -0.05) is 25.2 Å². The molecule has 0 aliphatic carbocycles. The number of hydrogen-bond donors (Lipinski definition) is 1. The predicted octanol–water partition coefficient (Wildman–Crippen LogP) is 2.67. The van der Waals surface area contributed by atoms with Gasteiger partial charge in [0.15, 0.2) is 0 Å². The second-order valence-corrected chi connectivity index (χ2v) is 6.22. The minimum Gasteiger partial charge on any atom is -0.296 e. The Morgan fingerprint density at radius 1 is 1.21 bits per heavy atom. The van der Waals surface area contributed by atoms with Crippen molar-refractivity contribution in [2.24, 2.45) is 0 Å². The summed E-state index contributed by atoms with van der Waals surface area (Å²) >= 11 is 1.43. The highest BCUT2D eigenvalue weighted by Gasteiger charge is 2.15. The number of nitrogens with one attached hydrogen (secondary N) is 1. The largest absolute Gasteiger partial charge is 0.296 e. The smallest absolute Gasteiger partial charge is 0.257 e. The number of tetrazole rings is 1. The number of carbonyl (C=O) groups excluding carboxylic acids is 1. The topological polar surface area (TPSA) is 98.5 Å². The standard InChI is InChI=1S/C15H17N7OS/c1-3-10(4-2)14-18-19-15(24-14)17-13(23)11-5-7-12(8-6-11)22-9-16-20-21-22/h5-10H,3-4H2,1-2H3,(H,17,19,23). The van der Waals surface area contributed by atoms with E-state index in [0.29, 0.717) is 16.6 Å². The van der Waals surface area contributed by atoms with E-state index in [4.69, 9.17) is 0 Å². The first-order chi connectivity index (χ1) is 11.7. The van der Waals surface area contributed by atoms with Gasteiger partial charge in [0.1, 0.15) is 11.3 Å². The third kappa shape index (κ3) is 3.46. The third-order valence-corrected chi connectivity index (χ3v) is 4.74. The van der Waals surface area contributed by atoms with Crippen molar-refractivity contribution < 1.29 is 4.79 Å². The molecule has 0 unspecified atom stereocenters. The van der Waals surface area contributed by atoms with Gasteiger partial charge in [-0.3, -0.25) is 10.1 Å². The molecule has 0 fully saturated rings. The molecule has 1 amide bonds. The molecule has 0 radical (unpaired) electrons. The Kier molecular flexibility index (Phi) is 4.90. The molecule has 0 saturated carbocycles. The molecule has 8 nitrogen and oxygen atoms in total. The third-order valence-electron chi connectivity index (χ3n) is 3.74. The van der Waals surface area contributed by atoms with E-state index in [9.17, 15) is 4.79 Å². The van der Waals surface area contributed by atoms with Crippen LogP contribution in [0.15, 0.2) is 30.6 Å². The van der Waals surface area contributed by atoms with Gasteiger partial charge in [0.05, 0.1) is 5.69 Å². The first-order valence-electron chi connectivity index (χ1n) is 7.69. The van der Waals surface area contributed by atoms with E-state index >= 15 is 0 Å². The monoisotopic (exact) mass is 343 g/mol. The van der Waals surface area contributed by atoms with Crippen molar-refractivity contribution in [2.75, 3.05) is 5.32 Å². The van der Waals surface area contributed by atoms with Crippen molar-refractivity contribution in [3.8, 4) is 5.69 Å². The van der Waals surface area contributed by atoms with E-state index < -0.39 is 0 Å². The lowest BCUT2D eigenvalue weighted by molar-refractivity contribution is 0.102. The van der Waals surface area contributed by atoms with Crippen molar-refractivity contribution in [1.82, 2.24) is 30.4 Å². The average Bonchev–Trinajstić information content (AvgIpc) is 3.28. The van der Waals surface area contributed by atoms with Gasteiger partial charge in [-0.15, -0.1) is 15.3 Å². The van der Waals surface area contributed by atoms with E-state index in [-0.39, 0.29) is 5.91 Å². The fourth-order valence-electron chi connectivity index (χ4n) is 2.30. The fourth-order valence-corrected chi connectivity index (χ4v) is 3.31. The quantitative estimate of drug-likeness (QED) is 0.739. The lowest BCUT2D eigenvalue weighted by atomic mass is 10.1. The number of benzene rings is 1. The van der Waals surface area contributed by atoms with Gasteiger partial charge in [0.25, 0.3) is 5.91 Å². The number of carbonyl (C=O) groups is 1. The van der Waals surface area contributed by atoms with Crippen molar-refractivity contribution in [3.05, 3.63) is 41.2 Å². The molecule has 2 aromatic heterocycles. The Balaban J connectivity index is 1.69. The van der Waals surface area contributed by atoms with Crippen molar-refractivity contribution in [2.45, 2.75) is 32.6 Å². The highest BCUT2D eigenvalue weighted by molar-refractivity contribution is 7.15. The number of rotatable bonds is 6. The number of hydrogen-bond acceptors (Lipinski definition) is 7. The summed E-state index contributed by atoms with van der Waals surface area (Å²) in [5.41, 5.74) is 1.31. The maximum Gasteiger partial charge on any atom is 0.257 e. The second kappa shape index (κ2) is 7.26. The van der Waals surface area contributed by atoms with E-state index in [0.717, 1.165) is 23.5 Å². The highest BCUT2D eigenvalue weighted by atomic mass is 32.1. The van der Waals surface area contributed by atoms with Crippen molar-refractivity contribution >= 4 is 22.4 Å². The number of amides is 1. The summed E-state index contributed by atoms with van der Waals surface area (Å²) in [4.78, 5) is 12.3. The highest BCUT2D eigenvalue weighted by Crippen LogP contribution is 2.28. The van der Waals surface area contributed by atoms with Crippen LogP contribution in [0.1, 0.15) is 48.0 Å². The Labute approximate surface area is 142 Å². The van der Waals surface area contributed by atoms with Crippen LogP contribution in [0, 0.1) is 0 Å². The molecule has 9 heteroatoms. The Morgan fingerprint density at radius 3 is 2.58 bits per heavy atom. The summed E-state index contributed by atoms with van der Waals surface area (Å²) in [7, 11) is 0. The van der Waals surface area contributed by atoms with Gasteiger partial charge in [0, 0.05) is 11.5 Å².